The van der Waals surface area contributed by atoms with E-state index in [0.29, 0.717) is 18.0 Å². The molecule has 0 aromatic heterocycles. The van der Waals surface area contributed by atoms with Crippen LogP contribution in [0.5, 0.6) is 0 Å². The molecule has 2 aromatic carbocycles. The van der Waals surface area contributed by atoms with Crippen LogP contribution >= 0.6 is 11.6 Å². The van der Waals surface area contributed by atoms with Gasteiger partial charge in [0.15, 0.2) is 0 Å². The summed E-state index contributed by atoms with van der Waals surface area (Å²) in [6.07, 6.45) is 1.14. The van der Waals surface area contributed by atoms with Crippen LogP contribution in [0.15, 0.2) is 54.6 Å². The third-order valence-electron chi connectivity index (χ3n) is 5.03. The summed E-state index contributed by atoms with van der Waals surface area (Å²) in [5.41, 5.74) is 1.97. The second-order valence-electron chi connectivity index (χ2n) is 7.06. The quantitative estimate of drug-likeness (QED) is 0.650. The summed E-state index contributed by atoms with van der Waals surface area (Å²) >= 11 is 5.86. The van der Waals surface area contributed by atoms with Gasteiger partial charge in [-0.05, 0) is 43.0 Å². The molecule has 7 heteroatoms. The van der Waals surface area contributed by atoms with Crippen molar-refractivity contribution in [2.75, 3.05) is 6.54 Å². The molecule has 1 aliphatic rings. The number of carbonyl (C=O) groups excluding carboxylic acids is 3. The van der Waals surface area contributed by atoms with E-state index in [-0.39, 0.29) is 30.7 Å². The van der Waals surface area contributed by atoms with Crippen LogP contribution in [-0.4, -0.2) is 35.3 Å². The molecule has 152 valence electrons. The average molecular weight is 414 g/mol. The van der Waals surface area contributed by atoms with Crippen molar-refractivity contribution in [2.45, 2.75) is 38.3 Å². The van der Waals surface area contributed by atoms with Crippen LogP contribution in [-0.2, 0) is 16.0 Å². The van der Waals surface area contributed by atoms with Gasteiger partial charge in [0.2, 0.25) is 5.91 Å². The zero-order chi connectivity index (χ0) is 20.8. The first-order valence-corrected chi connectivity index (χ1v) is 10.0. The maximum atomic E-state index is 12.7. The van der Waals surface area contributed by atoms with Gasteiger partial charge in [0.05, 0.1) is 6.04 Å². The Kier molecular flexibility index (Phi) is 6.88. The van der Waals surface area contributed by atoms with E-state index in [1.807, 2.05) is 61.5 Å². The number of halogens is 1. The van der Waals surface area contributed by atoms with Crippen molar-refractivity contribution in [2.24, 2.45) is 0 Å². The van der Waals surface area contributed by atoms with E-state index >= 15 is 0 Å². The number of hydrogen-bond donors (Lipinski definition) is 2. The van der Waals surface area contributed by atoms with Crippen LogP contribution in [0.1, 0.15) is 36.9 Å². The van der Waals surface area contributed by atoms with Gasteiger partial charge in [0, 0.05) is 18.0 Å². The Balaban J connectivity index is 1.45. The first-order chi connectivity index (χ1) is 14.0. The molecule has 1 aliphatic heterocycles. The number of benzene rings is 2. The second-order valence-corrected chi connectivity index (χ2v) is 7.50. The number of carbonyl (C=O) groups is 3. The monoisotopic (exact) mass is 413 g/mol. The van der Waals surface area contributed by atoms with Gasteiger partial charge in [-0.15, -0.1) is 0 Å². The van der Waals surface area contributed by atoms with Crippen molar-refractivity contribution in [1.29, 1.82) is 0 Å². The van der Waals surface area contributed by atoms with Crippen molar-refractivity contribution in [3.63, 3.8) is 0 Å². The van der Waals surface area contributed by atoms with E-state index in [1.165, 1.54) is 4.90 Å². The lowest BCUT2D eigenvalue weighted by Crippen LogP contribution is -2.34. The SMILES string of the molecule is C[C@@H](c1ccccc1)N1C(=O)N[C@@H](CCC(=O)NCCc2ccc(Cl)cc2)C1=O. The molecule has 6 nitrogen and oxygen atoms in total. The molecule has 0 unspecified atom stereocenters. The topological polar surface area (TPSA) is 78.5 Å². The van der Waals surface area contributed by atoms with Crippen LogP contribution in [0, 0.1) is 0 Å². The minimum Gasteiger partial charge on any atom is -0.356 e. The summed E-state index contributed by atoms with van der Waals surface area (Å²) in [6.45, 7) is 2.32. The molecular weight excluding hydrogens is 390 g/mol. The van der Waals surface area contributed by atoms with Crippen LogP contribution < -0.4 is 10.6 Å². The molecule has 1 saturated heterocycles. The lowest BCUT2D eigenvalue weighted by molar-refractivity contribution is -0.129. The van der Waals surface area contributed by atoms with E-state index in [0.717, 1.165) is 11.1 Å². The van der Waals surface area contributed by atoms with Crippen molar-refractivity contribution in [3.8, 4) is 0 Å². The fourth-order valence-corrected chi connectivity index (χ4v) is 3.48. The summed E-state index contributed by atoms with van der Waals surface area (Å²) in [6, 6.07) is 15.4. The zero-order valence-electron chi connectivity index (χ0n) is 16.2. The Morgan fingerprint density at radius 3 is 2.52 bits per heavy atom. The fraction of sp³-hybridized carbons (Fsp3) is 0.318. The normalized spacial score (nSPS) is 17.2. The standard InChI is InChI=1S/C22H24ClN3O3/c1-15(17-5-3-2-4-6-17)26-21(28)19(25-22(26)29)11-12-20(27)24-14-13-16-7-9-18(23)10-8-16/h2-10,15,19H,11-14H2,1H3,(H,24,27)(H,25,29)/t15-,19-/m0/s1. The molecule has 2 aromatic rings. The van der Waals surface area contributed by atoms with E-state index < -0.39 is 12.1 Å². The average Bonchev–Trinajstić information content (AvgIpc) is 3.01. The molecule has 2 N–H and O–H groups in total. The number of hydrogen-bond acceptors (Lipinski definition) is 3. The van der Waals surface area contributed by atoms with Crippen molar-refractivity contribution < 1.29 is 14.4 Å². The number of rotatable bonds is 8. The Bertz CT molecular complexity index is 871. The fourth-order valence-electron chi connectivity index (χ4n) is 3.35. The van der Waals surface area contributed by atoms with Gasteiger partial charge in [0.1, 0.15) is 6.04 Å². The van der Waals surface area contributed by atoms with Crippen molar-refractivity contribution >= 4 is 29.4 Å². The third-order valence-corrected chi connectivity index (χ3v) is 5.28. The van der Waals surface area contributed by atoms with Crippen LogP contribution in [0.3, 0.4) is 0 Å². The summed E-state index contributed by atoms with van der Waals surface area (Å²) in [4.78, 5) is 38.3. The predicted octanol–water partition coefficient (Wildman–Crippen LogP) is 3.46. The summed E-state index contributed by atoms with van der Waals surface area (Å²) in [5, 5.41) is 6.22. The number of imide groups is 1. The molecule has 0 spiro atoms. The highest BCUT2D eigenvalue weighted by atomic mass is 35.5. The molecule has 0 bridgehead atoms. The van der Waals surface area contributed by atoms with E-state index in [9.17, 15) is 14.4 Å². The number of amides is 4. The molecule has 0 radical (unpaired) electrons. The molecular formula is C22H24ClN3O3. The maximum absolute atomic E-state index is 12.7. The highest BCUT2D eigenvalue weighted by Gasteiger charge is 2.40. The minimum atomic E-state index is -0.671. The van der Waals surface area contributed by atoms with Gasteiger partial charge in [-0.1, -0.05) is 54.1 Å². The lowest BCUT2D eigenvalue weighted by Gasteiger charge is -2.21. The molecule has 3 rings (SSSR count). The van der Waals surface area contributed by atoms with Crippen LogP contribution in [0.2, 0.25) is 5.02 Å². The summed E-state index contributed by atoms with van der Waals surface area (Å²) in [7, 11) is 0. The summed E-state index contributed by atoms with van der Waals surface area (Å²) in [5.74, 6) is -0.434. The molecule has 1 heterocycles. The Labute approximate surface area is 175 Å². The minimum absolute atomic E-state index is 0.143. The van der Waals surface area contributed by atoms with Gasteiger partial charge < -0.3 is 10.6 Å². The van der Waals surface area contributed by atoms with Crippen molar-refractivity contribution in [3.05, 3.63) is 70.7 Å². The predicted molar refractivity (Wildman–Crippen MR) is 111 cm³/mol. The molecule has 0 aliphatic carbocycles. The number of nitrogens with one attached hydrogen (secondary N) is 2. The van der Waals surface area contributed by atoms with Crippen molar-refractivity contribution in [1.82, 2.24) is 15.5 Å². The van der Waals surface area contributed by atoms with Gasteiger partial charge in [-0.25, -0.2) is 4.79 Å². The highest BCUT2D eigenvalue weighted by molar-refractivity contribution is 6.30. The molecule has 1 fully saturated rings. The van der Waals surface area contributed by atoms with Crippen LogP contribution in [0.25, 0.3) is 0 Å². The first kappa shape index (κ1) is 20.9. The second kappa shape index (κ2) is 9.56. The highest BCUT2D eigenvalue weighted by Crippen LogP contribution is 2.25. The van der Waals surface area contributed by atoms with Gasteiger partial charge >= 0.3 is 6.03 Å². The summed E-state index contributed by atoms with van der Waals surface area (Å²) < 4.78 is 0. The number of urea groups is 1. The Morgan fingerprint density at radius 2 is 1.83 bits per heavy atom. The first-order valence-electron chi connectivity index (χ1n) is 9.65. The largest absolute Gasteiger partial charge is 0.356 e. The van der Waals surface area contributed by atoms with E-state index in [2.05, 4.69) is 10.6 Å². The van der Waals surface area contributed by atoms with E-state index in [4.69, 9.17) is 11.6 Å². The smallest absolute Gasteiger partial charge is 0.325 e. The molecule has 2 atom stereocenters. The molecule has 29 heavy (non-hydrogen) atoms. The Morgan fingerprint density at radius 1 is 1.14 bits per heavy atom. The lowest BCUT2D eigenvalue weighted by atomic mass is 10.1. The molecule has 4 amide bonds. The van der Waals surface area contributed by atoms with Crippen LogP contribution in [0.4, 0.5) is 4.79 Å². The Hall–Kier alpha value is -2.86. The maximum Gasteiger partial charge on any atom is 0.325 e. The molecule has 0 saturated carbocycles. The van der Waals surface area contributed by atoms with E-state index in [1.54, 1.807) is 0 Å². The van der Waals surface area contributed by atoms with Gasteiger partial charge in [-0.2, -0.15) is 0 Å². The van der Waals surface area contributed by atoms with Gasteiger partial charge in [0.25, 0.3) is 5.91 Å². The number of nitrogens with zero attached hydrogens (tertiary/aromatic N) is 1. The van der Waals surface area contributed by atoms with Gasteiger partial charge in [-0.3, -0.25) is 14.5 Å². The zero-order valence-corrected chi connectivity index (χ0v) is 17.0. The third kappa shape index (κ3) is 5.35.